The molecule has 1 aromatic rings. The minimum atomic E-state index is -1.04. The zero-order valence-electron chi connectivity index (χ0n) is 11.5. The van der Waals surface area contributed by atoms with Crippen molar-refractivity contribution >= 4 is 11.7 Å². The molecule has 0 unspecified atom stereocenters. The molecule has 7 nitrogen and oxygen atoms in total. The number of halogens is 1. The first-order valence-corrected chi connectivity index (χ1v) is 6.60. The molecule has 0 bridgehead atoms. The largest absolute Gasteiger partial charge is 0.474 e. The molecule has 0 aliphatic heterocycles. The predicted molar refractivity (Wildman–Crippen MR) is 68.6 cm³/mol. The predicted octanol–water partition coefficient (Wildman–Crippen LogP) is 1.92. The van der Waals surface area contributed by atoms with Gasteiger partial charge in [-0.05, 0) is 31.7 Å². The number of aromatic nitrogens is 1. The lowest BCUT2D eigenvalue weighted by molar-refractivity contribution is -0.147. The summed E-state index contributed by atoms with van der Waals surface area (Å²) in [5.41, 5.74) is -0.461. The van der Waals surface area contributed by atoms with Crippen molar-refractivity contribution in [2.24, 2.45) is 5.92 Å². The van der Waals surface area contributed by atoms with Gasteiger partial charge >= 0.3 is 5.97 Å². The van der Waals surface area contributed by atoms with Crippen molar-refractivity contribution in [1.29, 1.82) is 0 Å². The summed E-state index contributed by atoms with van der Waals surface area (Å²) in [7, 11) is 1.37. The van der Waals surface area contributed by atoms with E-state index >= 15 is 0 Å². The molecule has 0 saturated heterocycles. The fourth-order valence-electron chi connectivity index (χ4n) is 2.38. The standard InChI is InChI=1S/C13H17FN2O5/c1-20-13(17)8-2-4-9(5-3-8)21-11-7-6-10(16(18)19)12(14)15-11/h6-9,18-19H,2-5H2,1H3. The normalized spacial score (nSPS) is 21.7. The van der Waals surface area contributed by atoms with Crippen LogP contribution in [0.15, 0.2) is 12.1 Å². The van der Waals surface area contributed by atoms with Crippen molar-refractivity contribution in [3.63, 3.8) is 0 Å². The maximum absolute atomic E-state index is 13.5. The molecule has 2 rings (SSSR count). The maximum atomic E-state index is 13.5. The zero-order chi connectivity index (χ0) is 15.4. The van der Waals surface area contributed by atoms with E-state index < -0.39 is 11.6 Å². The Balaban J connectivity index is 1.92. The molecular formula is C13H17FN2O5. The lowest BCUT2D eigenvalue weighted by atomic mass is 9.87. The molecule has 0 radical (unpaired) electrons. The second-order valence-corrected chi connectivity index (χ2v) is 4.86. The van der Waals surface area contributed by atoms with E-state index in [-0.39, 0.29) is 29.1 Å². The summed E-state index contributed by atoms with van der Waals surface area (Å²) < 4.78 is 23.7. The molecule has 1 aliphatic rings. The van der Waals surface area contributed by atoms with Crippen molar-refractivity contribution in [2.45, 2.75) is 31.8 Å². The van der Waals surface area contributed by atoms with Gasteiger partial charge < -0.3 is 9.47 Å². The number of nitrogens with zero attached hydrogens (tertiary/aromatic N) is 2. The van der Waals surface area contributed by atoms with Gasteiger partial charge in [0.25, 0.3) is 0 Å². The number of pyridine rings is 1. The van der Waals surface area contributed by atoms with Crippen LogP contribution in [0.4, 0.5) is 10.1 Å². The summed E-state index contributed by atoms with van der Waals surface area (Å²) in [6.45, 7) is 0. The molecule has 1 saturated carbocycles. The smallest absolute Gasteiger partial charge is 0.308 e. The van der Waals surface area contributed by atoms with Crippen LogP contribution in [0.25, 0.3) is 0 Å². The van der Waals surface area contributed by atoms with E-state index in [1.807, 2.05) is 0 Å². The molecule has 1 fully saturated rings. The Morgan fingerprint density at radius 2 is 2.00 bits per heavy atom. The molecule has 1 aromatic heterocycles. The number of methoxy groups -OCH3 is 1. The van der Waals surface area contributed by atoms with Gasteiger partial charge in [-0.25, -0.2) is 0 Å². The minimum Gasteiger partial charge on any atom is -0.474 e. The number of carbonyl (C=O) groups excluding carboxylic acids is 1. The summed E-state index contributed by atoms with van der Waals surface area (Å²) in [5.74, 6) is -1.30. The number of anilines is 1. The van der Waals surface area contributed by atoms with Crippen LogP contribution in [0, 0.1) is 11.9 Å². The molecule has 21 heavy (non-hydrogen) atoms. The third-order valence-corrected chi connectivity index (χ3v) is 3.52. The Morgan fingerprint density at radius 3 is 2.52 bits per heavy atom. The van der Waals surface area contributed by atoms with E-state index in [1.54, 1.807) is 0 Å². The van der Waals surface area contributed by atoms with Crippen molar-refractivity contribution in [3.05, 3.63) is 18.1 Å². The minimum absolute atomic E-state index is 0.0691. The molecule has 1 aliphatic carbocycles. The number of carbonyl (C=O) groups is 1. The fourth-order valence-corrected chi connectivity index (χ4v) is 2.38. The average Bonchev–Trinajstić information content (AvgIpc) is 2.47. The molecule has 1 heterocycles. The Morgan fingerprint density at radius 1 is 1.33 bits per heavy atom. The van der Waals surface area contributed by atoms with Crippen molar-refractivity contribution in [2.75, 3.05) is 12.3 Å². The van der Waals surface area contributed by atoms with Crippen molar-refractivity contribution in [1.82, 2.24) is 4.98 Å². The van der Waals surface area contributed by atoms with Gasteiger partial charge in [0, 0.05) is 6.07 Å². The highest BCUT2D eigenvalue weighted by atomic mass is 19.1. The Labute approximate surface area is 120 Å². The van der Waals surface area contributed by atoms with Crippen LogP contribution < -0.4 is 9.96 Å². The van der Waals surface area contributed by atoms with Crippen molar-refractivity contribution < 1.29 is 29.1 Å². The van der Waals surface area contributed by atoms with Gasteiger partial charge in [-0.1, -0.05) is 0 Å². The second-order valence-electron chi connectivity index (χ2n) is 4.86. The van der Waals surface area contributed by atoms with Crippen LogP contribution in [0.3, 0.4) is 0 Å². The number of rotatable bonds is 4. The molecule has 0 atom stereocenters. The van der Waals surface area contributed by atoms with Crippen LogP contribution in [0.2, 0.25) is 0 Å². The molecule has 0 aromatic carbocycles. The Hall–Kier alpha value is -1.93. The van der Waals surface area contributed by atoms with Gasteiger partial charge in [0.1, 0.15) is 11.8 Å². The van der Waals surface area contributed by atoms with Gasteiger partial charge in [0.15, 0.2) is 0 Å². The van der Waals surface area contributed by atoms with Crippen LogP contribution in [-0.4, -0.2) is 34.6 Å². The summed E-state index contributed by atoms with van der Waals surface area (Å²) in [5, 5.41) is 17.2. The van der Waals surface area contributed by atoms with Gasteiger partial charge in [0.2, 0.25) is 11.8 Å². The maximum Gasteiger partial charge on any atom is 0.308 e. The monoisotopic (exact) mass is 300 g/mol. The van der Waals surface area contributed by atoms with E-state index in [9.17, 15) is 9.18 Å². The van der Waals surface area contributed by atoms with Gasteiger partial charge in [0.05, 0.1) is 13.0 Å². The van der Waals surface area contributed by atoms with Gasteiger partial charge in [-0.3, -0.25) is 15.2 Å². The molecular weight excluding hydrogens is 283 g/mol. The number of hydrogen-bond donors (Lipinski definition) is 2. The fraction of sp³-hybridized carbons (Fsp3) is 0.538. The zero-order valence-corrected chi connectivity index (χ0v) is 11.5. The average molecular weight is 300 g/mol. The van der Waals surface area contributed by atoms with Crippen LogP contribution >= 0.6 is 0 Å². The van der Waals surface area contributed by atoms with Crippen molar-refractivity contribution in [3.8, 4) is 5.88 Å². The highest BCUT2D eigenvalue weighted by Gasteiger charge is 2.28. The van der Waals surface area contributed by atoms with Gasteiger partial charge in [-0.2, -0.15) is 9.37 Å². The summed E-state index contributed by atoms with van der Waals surface area (Å²) in [4.78, 5) is 14.9. The van der Waals surface area contributed by atoms with Crippen LogP contribution in [0.5, 0.6) is 5.88 Å². The summed E-state index contributed by atoms with van der Waals surface area (Å²) >= 11 is 0. The first-order valence-electron chi connectivity index (χ1n) is 6.60. The van der Waals surface area contributed by atoms with E-state index in [2.05, 4.69) is 4.98 Å². The Kier molecular flexibility index (Phi) is 4.92. The first kappa shape index (κ1) is 15.5. The molecule has 116 valence electrons. The number of ether oxygens (including phenoxy) is 2. The third kappa shape index (κ3) is 3.79. The molecule has 8 heteroatoms. The third-order valence-electron chi connectivity index (χ3n) is 3.52. The topological polar surface area (TPSA) is 92.1 Å². The van der Waals surface area contributed by atoms with Gasteiger partial charge in [-0.15, -0.1) is 5.23 Å². The first-order chi connectivity index (χ1) is 10.0. The second kappa shape index (κ2) is 6.68. The quantitative estimate of drug-likeness (QED) is 0.498. The van der Waals surface area contributed by atoms with Crippen LogP contribution in [0.1, 0.15) is 25.7 Å². The molecule has 0 amide bonds. The lowest BCUT2D eigenvalue weighted by Gasteiger charge is -2.27. The highest BCUT2D eigenvalue weighted by molar-refractivity contribution is 5.72. The van der Waals surface area contributed by atoms with Crippen LogP contribution in [-0.2, 0) is 9.53 Å². The SMILES string of the molecule is COC(=O)C1CCC(Oc2ccc(N(O)O)c(F)n2)CC1. The lowest BCUT2D eigenvalue weighted by Crippen LogP contribution is -2.28. The van der Waals surface area contributed by atoms with E-state index in [0.29, 0.717) is 25.7 Å². The summed E-state index contributed by atoms with van der Waals surface area (Å²) in [6, 6.07) is 2.50. The molecule has 2 N–H and O–H groups in total. The number of hydrogen-bond acceptors (Lipinski definition) is 7. The number of esters is 1. The molecule has 0 spiro atoms. The highest BCUT2D eigenvalue weighted by Crippen LogP contribution is 2.28. The van der Waals surface area contributed by atoms with E-state index in [1.165, 1.54) is 13.2 Å². The summed E-state index contributed by atoms with van der Waals surface area (Å²) in [6.07, 6.45) is 2.45. The van der Waals surface area contributed by atoms with E-state index in [0.717, 1.165) is 6.07 Å². The Bertz CT molecular complexity index is 503. The van der Waals surface area contributed by atoms with E-state index in [4.69, 9.17) is 19.9 Å².